The molecule has 23 heavy (non-hydrogen) atoms. The normalized spacial score (nSPS) is 11.3. The molecular formula is C20H17N3. The van der Waals surface area contributed by atoms with Crippen molar-refractivity contribution < 1.29 is 0 Å². The Morgan fingerprint density at radius 3 is 1.83 bits per heavy atom. The summed E-state index contributed by atoms with van der Waals surface area (Å²) in [4.78, 5) is 4.47. The number of aliphatic imine (C=N–C) groups is 1. The molecule has 0 unspecified atom stereocenters. The van der Waals surface area contributed by atoms with Gasteiger partial charge >= 0.3 is 0 Å². The van der Waals surface area contributed by atoms with Crippen LogP contribution in [-0.2, 0) is 0 Å². The number of aryl methyl sites for hydroxylation is 1. The number of nitrogens with zero attached hydrogens (tertiary/aromatic N) is 3. The molecule has 0 aliphatic heterocycles. The maximum atomic E-state index is 4.47. The van der Waals surface area contributed by atoms with E-state index in [1.165, 1.54) is 5.56 Å². The van der Waals surface area contributed by atoms with Gasteiger partial charge in [-0.05, 0) is 48.9 Å². The zero-order valence-electron chi connectivity index (χ0n) is 12.9. The van der Waals surface area contributed by atoms with E-state index in [-0.39, 0.29) is 0 Å². The first kappa shape index (κ1) is 14.9. The molecule has 0 saturated heterocycles. The predicted molar refractivity (Wildman–Crippen MR) is 95.5 cm³/mol. The van der Waals surface area contributed by atoms with Gasteiger partial charge in [-0.3, -0.25) is 4.99 Å². The molecular weight excluding hydrogens is 282 g/mol. The van der Waals surface area contributed by atoms with E-state index in [1.54, 1.807) is 0 Å². The molecule has 0 N–H and O–H groups in total. The van der Waals surface area contributed by atoms with Gasteiger partial charge in [-0.25, -0.2) is 0 Å². The molecule has 3 aromatic rings. The van der Waals surface area contributed by atoms with Crippen LogP contribution in [0.15, 0.2) is 94.1 Å². The third-order valence-corrected chi connectivity index (χ3v) is 3.33. The lowest BCUT2D eigenvalue weighted by atomic mass is 10.2. The fourth-order valence-corrected chi connectivity index (χ4v) is 2.02. The van der Waals surface area contributed by atoms with Gasteiger partial charge in [0.2, 0.25) is 0 Å². The van der Waals surface area contributed by atoms with Gasteiger partial charge < -0.3 is 0 Å². The molecule has 3 aromatic carbocycles. The Hall–Kier alpha value is -3.07. The van der Waals surface area contributed by atoms with Crippen LogP contribution < -0.4 is 0 Å². The quantitative estimate of drug-likeness (QED) is 0.408. The Labute approximate surface area is 136 Å². The summed E-state index contributed by atoms with van der Waals surface area (Å²) in [5.41, 5.74) is 4.88. The monoisotopic (exact) mass is 299 g/mol. The van der Waals surface area contributed by atoms with Crippen LogP contribution in [0.5, 0.6) is 0 Å². The van der Waals surface area contributed by atoms with E-state index in [9.17, 15) is 0 Å². The van der Waals surface area contributed by atoms with Gasteiger partial charge in [0.1, 0.15) is 0 Å². The molecule has 0 radical (unpaired) electrons. The van der Waals surface area contributed by atoms with Crippen LogP contribution in [0.2, 0.25) is 0 Å². The van der Waals surface area contributed by atoms with Crippen molar-refractivity contribution in [2.75, 3.05) is 0 Å². The van der Waals surface area contributed by atoms with Crippen molar-refractivity contribution in [2.45, 2.75) is 6.92 Å². The van der Waals surface area contributed by atoms with Gasteiger partial charge in [0.15, 0.2) is 0 Å². The van der Waals surface area contributed by atoms with Gasteiger partial charge in [-0.1, -0.05) is 48.0 Å². The van der Waals surface area contributed by atoms with Crippen molar-refractivity contribution in [2.24, 2.45) is 15.2 Å². The highest BCUT2D eigenvalue weighted by Gasteiger charge is 1.93. The van der Waals surface area contributed by atoms with E-state index in [0.29, 0.717) is 0 Å². The second-order valence-corrected chi connectivity index (χ2v) is 5.22. The van der Waals surface area contributed by atoms with E-state index >= 15 is 0 Å². The van der Waals surface area contributed by atoms with Crippen molar-refractivity contribution in [3.8, 4) is 0 Å². The minimum absolute atomic E-state index is 0.808. The van der Waals surface area contributed by atoms with Crippen molar-refractivity contribution in [3.63, 3.8) is 0 Å². The Bertz CT molecular complexity index is 802. The van der Waals surface area contributed by atoms with Gasteiger partial charge in [0.25, 0.3) is 0 Å². The summed E-state index contributed by atoms with van der Waals surface area (Å²) in [6, 6.07) is 25.6. The third-order valence-electron chi connectivity index (χ3n) is 3.33. The second kappa shape index (κ2) is 7.27. The van der Waals surface area contributed by atoms with Crippen LogP contribution in [0.25, 0.3) is 0 Å². The fourth-order valence-electron chi connectivity index (χ4n) is 2.02. The molecule has 112 valence electrons. The maximum absolute atomic E-state index is 4.47. The summed E-state index contributed by atoms with van der Waals surface area (Å²) in [5, 5.41) is 8.41. The highest BCUT2D eigenvalue weighted by atomic mass is 15.1. The van der Waals surface area contributed by atoms with E-state index < -0.39 is 0 Å². The highest BCUT2D eigenvalue weighted by Crippen LogP contribution is 2.21. The molecule has 0 saturated carbocycles. The van der Waals surface area contributed by atoms with E-state index in [1.807, 2.05) is 60.8 Å². The maximum Gasteiger partial charge on any atom is 0.0858 e. The van der Waals surface area contributed by atoms with E-state index in [4.69, 9.17) is 0 Å². The third kappa shape index (κ3) is 4.45. The number of hydrogen-bond acceptors (Lipinski definition) is 3. The molecule has 0 spiro atoms. The number of benzene rings is 3. The lowest BCUT2D eigenvalue weighted by Crippen LogP contribution is -1.80. The first-order valence-corrected chi connectivity index (χ1v) is 7.47. The van der Waals surface area contributed by atoms with Crippen LogP contribution in [0, 0.1) is 6.92 Å². The SMILES string of the molecule is Cc1ccc(C=Nc2ccc(N=Nc3ccccc3)cc2)cc1. The van der Waals surface area contributed by atoms with Gasteiger partial charge in [-0.2, -0.15) is 10.2 Å². The summed E-state index contributed by atoms with van der Waals surface area (Å²) in [7, 11) is 0. The van der Waals surface area contributed by atoms with Crippen molar-refractivity contribution in [1.29, 1.82) is 0 Å². The Balaban J connectivity index is 1.67. The molecule has 0 atom stereocenters. The van der Waals surface area contributed by atoms with E-state index in [2.05, 4.69) is 46.4 Å². The average molecular weight is 299 g/mol. The van der Waals surface area contributed by atoms with Crippen LogP contribution in [0.4, 0.5) is 17.1 Å². The van der Waals surface area contributed by atoms with Crippen molar-refractivity contribution in [3.05, 3.63) is 90.0 Å². The summed E-state index contributed by atoms with van der Waals surface area (Å²) in [6.45, 7) is 2.07. The Morgan fingerprint density at radius 2 is 1.17 bits per heavy atom. The molecule has 0 bridgehead atoms. The second-order valence-electron chi connectivity index (χ2n) is 5.22. The molecule has 0 fully saturated rings. The number of rotatable bonds is 4. The molecule has 0 aliphatic carbocycles. The largest absolute Gasteiger partial charge is 0.256 e. The summed E-state index contributed by atoms with van der Waals surface area (Å²) in [6.07, 6.45) is 1.86. The average Bonchev–Trinajstić information content (AvgIpc) is 2.61. The summed E-state index contributed by atoms with van der Waals surface area (Å²) >= 11 is 0. The Kier molecular flexibility index (Phi) is 4.69. The first-order chi connectivity index (χ1) is 11.3. The lowest BCUT2D eigenvalue weighted by Gasteiger charge is -1.97. The summed E-state index contributed by atoms with van der Waals surface area (Å²) in [5.74, 6) is 0. The smallest absolute Gasteiger partial charge is 0.0858 e. The molecule has 3 heteroatoms. The van der Waals surface area contributed by atoms with Crippen LogP contribution >= 0.6 is 0 Å². The van der Waals surface area contributed by atoms with Gasteiger partial charge in [0.05, 0.1) is 17.1 Å². The molecule has 0 aromatic heterocycles. The van der Waals surface area contributed by atoms with E-state index in [0.717, 1.165) is 22.6 Å². The molecule has 0 amide bonds. The predicted octanol–water partition coefficient (Wildman–Crippen LogP) is 6.16. The number of azo groups is 1. The van der Waals surface area contributed by atoms with Crippen LogP contribution in [0.3, 0.4) is 0 Å². The number of hydrogen-bond donors (Lipinski definition) is 0. The minimum atomic E-state index is 0.808. The topological polar surface area (TPSA) is 37.1 Å². The fraction of sp³-hybridized carbons (Fsp3) is 0.0500. The molecule has 0 aliphatic rings. The van der Waals surface area contributed by atoms with Gasteiger partial charge in [-0.15, -0.1) is 0 Å². The first-order valence-electron chi connectivity index (χ1n) is 7.47. The Morgan fingerprint density at radius 1 is 0.609 bits per heavy atom. The molecule has 3 nitrogen and oxygen atoms in total. The highest BCUT2D eigenvalue weighted by molar-refractivity contribution is 5.82. The van der Waals surface area contributed by atoms with Crippen LogP contribution in [-0.4, -0.2) is 6.21 Å². The zero-order chi connectivity index (χ0) is 15.9. The molecule has 0 heterocycles. The van der Waals surface area contributed by atoms with Crippen LogP contribution in [0.1, 0.15) is 11.1 Å². The van der Waals surface area contributed by atoms with Crippen molar-refractivity contribution in [1.82, 2.24) is 0 Å². The van der Waals surface area contributed by atoms with Crippen molar-refractivity contribution >= 4 is 23.3 Å². The zero-order valence-corrected chi connectivity index (χ0v) is 12.9. The minimum Gasteiger partial charge on any atom is -0.256 e. The standard InChI is InChI=1S/C20H17N3/c1-16-7-9-17(10-8-16)15-21-18-11-13-20(14-12-18)23-22-19-5-3-2-4-6-19/h2-15H,1H3. The summed E-state index contributed by atoms with van der Waals surface area (Å²) < 4.78 is 0. The lowest BCUT2D eigenvalue weighted by molar-refractivity contribution is 1.23. The molecule has 3 rings (SSSR count). The van der Waals surface area contributed by atoms with Gasteiger partial charge in [0, 0.05) is 6.21 Å².